The van der Waals surface area contributed by atoms with Crippen molar-refractivity contribution >= 4 is 29.5 Å². The second kappa shape index (κ2) is 6.63. The highest BCUT2D eigenvalue weighted by Crippen LogP contribution is 2.23. The topological polar surface area (TPSA) is 65.1 Å². The summed E-state index contributed by atoms with van der Waals surface area (Å²) >= 11 is 6.51. The van der Waals surface area contributed by atoms with Gasteiger partial charge in [0.25, 0.3) is 0 Å². The molecule has 0 unspecified atom stereocenters. The average molecular weight is 300 g/mol. The zero-order valence-electron chi connectivity index (χ0n) is 11.1. The van der Waals surface area contributed by atoms with Gasteiger partial charge in [-0.05, 0) is 32.0 Å². The number of H-pyrrole nitrogens is 1. The van der Waals surface area contributed by atoms with E-state index in [9.17, 15) is 9.90 Å². The number of aliphatic hydroxyl groups is 1. The number of carbonyl (C=O) groups excluding carboxylic acids is 1. The number of aromatic nitrogens is 1. The van der Waals surface area contributed by atoms with E-state index in [-0.39, 0.29) is 17.9 Å². The van der Waals surface area contributed by atoms with Gasteiger partial charge in [0.1, 0.15) is 0 Å². The van der Waals surface area contributed by atoms with E-state index in [0.717, 1.165) is 36.3 Å². The summed E-state index contributed by atoms with van der Waals surface area (Å²) < 4.78 is 0.711. The molecule has 1 aromatic heterocycles. The summed E-state index contributed by atoms with van der Waals surface area (Å²) in [5.74, 6) is 0.217. The molecule has 106 valence electrons. The molecule has 0 aromatic carbocycles. The van der Waals surface area contributed by atoms with Crippen LogP contribution >= 0.6 is 23.6 Å². The number of hydrogen-bond acceptors (Lipinski definition) is 4. The number of aromatic amines is 1. The number of aryl methyl sites for hydroxylation is 1. The van der Waals surface area contributed by atoms with Crippen LogP contribution in [0.15, 0.2) is 0 Å². The summed E-state index contributed by atoms with van der Waals surface area (Å²) in [5.41, 5.74) is 0.975. The Bertz CT molecular complexity index is 495. The van der Waals surface area contributed by atoms with E-state index in [1.165, 1.54) is 11.3 Å². The lowest BCUT2D eigenvalue weighted by atomic mass is 9.86. The quantitative estimate of drug-likeness (QED) is 0.748. The molecule has 0 aliphatic heterocycles. The maximum absolute atomic E-state index is 11.9. The van der Waals surface area contributed by atoms with Gasteiger partial charge in [-0.25, -0.2) is 0 Å². The maximum atomic E-state index is 11.9. The molecule has 1 aliphatic rings. The molecule has 0 saturated heterocycles. The van der Waals surface area contributed by atoms with Crippen LogP contribution in [0.25, 0.3) is 0 Å². The Morgan fingerprint density at radius 2 is 2.26 bits per heavy atom. The van der Waals surface area contributed by atoms with E-state index >= 15 is 0 Å². The van der Waals surface area contributed by atoms with E-state index in [0.29, 0.717) is 16.9 Å². The third-order valence-electron chi connectivity index (χ3n) is 3.68. The summed E-state index contributed by atoms with van der Waals surface area (Å²) in [7, 11) is 0. The number of thiazole rings is 1. The average Bonchev–Trinajstić information content (AvgIpc) is 2.67. The monoisotopic (exact) mass is 300 g/mol. The van der Waals surface area contributed by atoms with Crippen LogP contribution in [0.5, 0.6) is 0 Å². The van der Waals surface area contributed by atoms with Crippen LogP contribution in [0.2, 0.25) is 0 Å². The Labute approximate surface area is 122 Å². The van der Waals surface area contributed by atoms with Crippen LogP contribution in [-0.2, 0) is 11.2 Å². The second-order valence-corrected chi connectivity index (χ2v) is 6.93. The molecule has 0 radical (unpaired) electrons. The number of carbonyl (C=O) groups is 1. The van der Waals surface area contributed by atoms with Gasteiger partial charge < -0.3 is 15.4 Å². The maximum Gasteiger partial charge on any atom is 0.225 e. The van der Waals surface area contributed by atoms with E-state index < -0.39 is 0 Å². The van der Waals surface area contributed by atoms with Gasteiger partial charge in [-0.3, -0.25) is 4.79 Å². The van der Waals surface area contributed by atoms with Gasteiger partial charge in [-0.1, -0.05) is 12.8 Å². The van der Waals surface area contributed by atoms with Crippen LogP contribution in [0.1, 0.15) is 36.3 Å². The van der Waals surface area contributed by atoms with Crippen LogP contribution < -0.4 is 5.32 Å². The molecule has 6 heteroatoms. The number of amides is 1. The smallest absolute Gasteiger partial charge is 0.225 e. The lowest BCUT2D eigenvalue weighted by Gasteiger charge is -2.27. The van der Waals surface area contributed by atoms with Crippen molar-refractivity contribution in [1.82, 2.24) is 10.3 Å². The van der Waals surface area contributed by atoms with E-state index in [1.807, 2.05) is 6.92 Å². The standard InChI is InChI=1S/C13H20N2O2S2/c1-8-11(19-13(18)15-8)6-12(17)14-7-9-4-2-3-5-10(9)16/h9-10,16H,2-7H2,1H3,(H,14,17)(H,15,18)/t9-,10+/m0/s1. The molecule has 0 bridgehead atoms. The summed E-state index contributed by atoms with van der Waals surface area (Å²) in [6, 6.07) is 0. The van der Waals surface area contributed by atoms with Gasteiger partial charge in [0.05, 0.1) is 12.5 Å². The van der Waals surface area contributed by atoms with Crippen molar-refractivity contribution in [1.29, 1.82) is 0 Å². The van der Waals surface area contributed by atoms with Crippen LogP contribution in [-0.4, -0.2) is 28.6 Å². The molecule has 3 N–H and O–H groups in total. The van der Waals surface area contributed by atoms with Crippen molar-refractivity contribution in [2.75, 3.05) is 6.54 Å². The van der Waals surface area contributed by atoms with Crippen molar-refractivity contribution in [2.24, 2.45) is 5.92 Å². The number of rotatable bonds is 4. The molecule has 0 spiro atoms. The minimum atomic E-state index is -0.259. The fourth-order valence-electron chi connectivity index (χ4n) is 2.48. The first kappa shape index (κ1) is 14.7. The highest BCUT2D eigenvalue weighted by atomic mass is 32.1. The minimum absolute atomic E-state index is 0.00567. The lowest BCUT2D eigenvalue weighted by Crippen LogP contribution is -2.37. The van der Waals surface area contributed by atoms with E-state index in [2.05, 4.69) is 10.3 Å². The third kappa shape index (κ3) is 4.12. The Morgan fingerprint density at radius 3 is 2.89 bits per heavy atom. The fraction of sp³-hybridized carbons (Fsp3) is 0.692. The molecular weight excluding hydrogens is 280 g/mol. The Balaban J connectivity index is 1.81. The lowest BCUT2D eigenvalue weighted by molar-refractivity contribution is -0.120. The number of aliphatic hydroxyl groups excluding tert-OH is 1. The normalized spacial score (nSPS) is 23.3. The highest BCUT2D eigenvalue weighted by Gasteiger charge is 2.23. The summed E-state index contributed by atoms with van der Waals surface area (Å²) in [5, 5.41) is 12.8. The van der Waals surface area contributed by atoms with Crippen LogP contribution in [0.4, 0.5) is 0 Å². The van der Waals surface area contributed by atoms with Gasteiger partial charge in [-0.15, -0.1) is 11.3 Å². The van der Waals surface area contributed by atoms with Crippen molar-refractivity contribution in [3.63, 3.8) is 0 Å². The molecule has 1 fully saturated rings. The first-order valence-corrected chi connectivity index (χ1v) is 7.92. The zero-order valence-corrected chi connectivity index (χ0v) is 12.7. The molecule has 1 aromatic rings. The van der Waals surface area contributed by atoms with Crippen molar-refractivity contribution in [2.45, 2.75) is 45.1 Å². The summed E-state index contributed by atoms with van der Waals surface area (Å²) in [6.45, 7) is 2.51. The fourth-order valence-corrected chi connectivity index (χ4v) is 3.78. The molecule has 1 aliphatic carbocycles. The van der Waals surface area contributed by atoms with Gasteiger partial charge in [-0.2, -0.15) is 0 Å². The molecule has 2 rings (SSSR count). The van der Waals surface area contributed by atoms with Crippen molar-refractivity contribution in [3.8, 4) is 0 Å². The first-order valence-electron chi connectivity index (χ1n) is 6.69. The predicted molar refractivity (Wildman–Crippen MR) is 78.9 cm³/mol. The Morgan fingerprint density at radius 1 is 1.53 bits per heavy atom. The van der Waals surface area contributed by atoms with Crippen LogP contribution in [0.3, 0.4) is 0 Å². The van der Waals surface area contributed by atoms with Gasteiger partial charge in [0.2, 0.25) is 5.91 Å². The highest BCUT2D eigenvalue weighted by molar-refractivity contribution is 7.73. The Kier molecular flexibility index (Phi) is 5.13. The van der Waals surface area contributed by atoms with Gasteiger partial charge in [0, 0.05) is 23.0 Å². The minimum Gasteiger partial charge on any atom is -0.393 e. The third-order valence-corrected chi connectivity index (χ3v) is 5.01. The first-order chi connectivity index (χ1) is 9.06. The molecule has 1 heterocycles. The zero-order chi connectivity index (χ0) is 13.8. The van der Waals surface area contributed by atoms with Gasteiger partial charge >= 0.3 is 0 Å². The Hall–Kier alpha value is -0.720. The molecule has 1 amide bonds. The molecule has 2 atom stereocenters. The van der Waals surface area contributed by atoms with Crippen LogP contribution in [0, 0.1) is 16.8 Å². The molecule has 4 nitrogen and oxygen atoms in total. The number of hydrogen-bond donors (Lipinski definition) is 3. The van der Waals surface area contributed by atoms with E-state index in [4.69, 9.17) is 12.2 Å². The second-order valence-electron chi connectivity index (χ2n) is 5.16. The van der Waals surface area contributed by atoms with Gasteiger partial charge in [0.15, 0.2) is 3.95 Å². The number of nitrogens with one attached hydrogen (secondary N) is 2. The van der Waals surface area contributed by atoms with Crippen molar-refractivity contribution in [3.05, 3.63) is 14.5 Å². The summed E-state index contributed by atoms with van der Waals surface area (Å²) in [6.07, 6.45) is 4.22. The van der Waals surface area contributed by atoms with E-state index in [1.54, 1.807) is 0 Å². The largest absolute Gasteiger partial charge is 0.393 e. The predicted octanol–water partition coefficient (Wildman–Crippen LogP) is 2.32. The molecular formula is C13H20N2O2S2. The molecule has 19 heavy (non-hydrogen) atoms. The molecule has 1 saturated carbocycles. The SMILES string of the molecule is Cc1[nH]c(=S)sc1CC(=O)NC[C@@H]1CCCC[C@H]1O. The summed E-state index contributed by atoms with van der Waals surface area (Å²) in [4.78, 5) is 15.9. The van der Waals surface area contributed by atoms with Crippen molar-refractivity contribution < 1.29 is 9.90 Å².